The fraction of sp³-hybridized carbons (Fsp3) is 0.350. The first-order valence-corrected chi connectivity index (χ1v) is 8.57. The van der Waals surface area contributed by atoms with Crippen LogP contribution in [0.4, 0.5) is 4.39 Å². The quantitative estimate of drug-likeness (QED) is 0.796. The Labute approximate surface area is 152 Å². The largest absolute Gasteiger partial charge is 0.486 e. The molecule has 2 aromatic carbocycles. The number of hydrogen-bond donors (Lipinski definition) is 0. The van der Waals surface area contributed by atoms with E-state index >= 15 is 0 Å². The molecule has 0 radical (unpaired) electrons. The maximum Gasteiger partial charge on any atom is 0.236 e. The number of benzene rings is 2. The lowest BCUT2D eigenvalue weighted by molar-refractivity contribution is -0.131. The molecule has 26 heavy (non-hydrogen) atoms. The molecule has 0 fully saturated rings. The van der Waals surface area contributed by atoms with Crippen molar-refractivity contribution in [2.24, 2.45) is 0 Å². The number of amides is 1. The van der Waals surface area contributed by atoms with Crippen LogP contribution in [0.15, 0.2) is 42.5 Å². The maximum atomic E-state index is 13.0. The van der Waals surface area contributed by atoms with Crippen molar-refractivity contribution in [3.63, 3.8) is 0 Å². The molecule has 0 atom stereocenters. The van der Waals surface area contributed by atoms with Crippen LogP contribution in [0.2, 0.25) is 0 Å². The topological polar surface area (TPSA) is 42.0 Å². The molecule has 0 aromatic heterocycles. The molecular formula is C20H23FN2O3. The van der Waals surface area contributed by atoms with E-state index < -0.39 is 0 Å². The lowest BCUT2D eigenvalue weighted by atomic mass is 10.2. The summed E-state index contributed by atoms with van der Waals surface area (Å²) in [7, 11) is 3.66. The van der Waals surface area contributed by atoms with Crippen molar-refractivity contribution in [3.05, 3.63) is 59.4 Å². The number of ether oxygens (including phenoxy) is 2. The molecule has 2 aromatic rings. The number of halogens is 1. The van der Waals surface area contributed by atoms with Crippen LogP contribution in [0.5, 0.6) is 11.5 Å². The molecule has 0 aliphatic carbocycles. The van der Waals surface area contributed by atoms with Crippen LogP contribution in [-0.2, 0) is 17.9 Å². The maximum absolute atomic E-state index is 13.0. The summed E-state index contributed by atoms with van der Waals surface area (Å²) in [6, 6.07) is 12.0. The summed E-state index contributed by atoms with van der Waals surface area (Å²) in [5, 5.41) is 0. The van der Waals surface area contributed by atoms with Gasteiger partial charge in [-0.3, -0.25) is 9.69 Å². The van der Waals surface area contributed by atoms with Crippen molar-refractivity contribution in [2.75, 3.05) is 33.9 Å². The average molecular weight is 358 g/mol. The van der Waals surface area contributed by atoms with Gasteiger partial charge < -0.3 is 14.4 Å². The Morgan fingerprint density at radius 1 is 0.962 bits per heavy atom. The molecule has 1 amide bonds. The molecule has 0 unspecified atom stereocenters. The SMILES string of the molecule is CN(CC(=O)N(C)Cc1ccc(F)cc1)Cc1ccc2c(c1)OCCO2. The van der Waals surface area contributed by atoms with Crippen molar-refractivity contribution in [1.82, 2.24) is 9.80 Å². The van der Waals surface area contributed by atoms with Crippen LogP contribution in [0.1, 0.15) is 11.1 Å². The minimum atomic E-state index is -0.276. The predicted octanol–water partition coefficient (Wildman–Crippen LogP) is 2.69. The number of rotatable bonds is 6. The molecule has 0 spiro atoms. The van der Waals surface area contributed by atoms with Crippen LogP contribution >= 0.6 is 0 Å². The first kappa shape index (κ1) is 18.2. The predicted molar refractivity (Wildman–Crippen MR) is 96.6 cm³/mol. The van der Waals surface area contributed by atoms with E-state index in [1.807, 2.05) is 30.1 Å². The van der Waals surface area contributed by atoms with Gasteiger partial charge >= 0.3 is 0 Å². The summed E-state index contributed by atoms with van der Waals surface area (Å²) >= 11 is 0. The first-order valence-electron chi connectivity index (χ1n) is 8.57. The van der Waals surface area contributed by atoms with E-state index in [4.69, 9.17) is 9.47 Å². The van der Waals surface area contributed by atoms with E-state index in [0.29, 0.717) is 32.8 Å². The highest BCUT2D eigenvalue weighted by Gasteiger charge is 2.15. The standard InChI is InChI=1S/C20H23FN2O3/c1-22(12-16-5-8-18-19(11-16)26-10-9-25-18)14-20(24)23(2)13-15-3-6-17(21)7-4-15/h3-8,11H,9-10,12-14H2,1-2H3. The summed E-state index contributed by atoms with van der Waals surface area (Å²) < 4.78 is 24.1. The van der Waals surface area contributed by atoms with Crippen LogP contribution < -0.4 is 9.47 Å². The van der Waals surface area contributed by atoms with Gasteiger partial charge in [-0.15, -0.1) is 0 Å². The van der Waals surface area contributed by atoms with E-state index in [2.05, 4.69) is 0 Å². The van der Waals surface area contributed by atoms with Crippen LogP contribution in [0.25, 0.3) is 0 Å². The van der Waals surface area contributed by atoms with Crippen LogP contribution in [0.3, 0.4) is 0 Å². The Morgan fingerprint density at radius 3 is 2.35 bits per heavy atom. The lowest BCUT2D eigenvalue weighted by Crippen LogP contribution is -2.36. The highest BCUT2D eigenvalue weighted by Crippen LogP contribution is 2.31. The number of carbonyl (C=O) groups excluding carboxylic acids is 1. The van der Waals surface area contributed by atoms with Crippen LogP contribution in [0, 0.1) is 5.82 Å². The van der Waals surface area contributed by atoms with Gasteiger partial charge in [0, 0.05) is 20.1 Å². The van der Waals surface area contributed by atoms with Gasteiger partial charge in [0.15, 0.2) is 11.5 Å². The van der Waals surface area contributed by atoms with Crippen molar-refractivity contribution in [1.29, 1.82) is 0 Å². The van der Waals surface area contributed by atoms with E-state index in [9.17, 15) is 9.18 Å². The Hall–Kier alpha value is -2.60. The molecule has 1 heterocycles. The molecule has 1 aliphatic rings. The zero-order chi connectivity index (χ0) is 18.5. The minimum Gasteiger partial charge on any atom is -0.486 e. The van der Waals surface area contributed by atoms with E-state index in [0.717, 1.165) is 22.6 Å². The fourth-order valence-electron chi connectivity index (χ4n) is 2.86. The normalized spacial score (nSPS) is 12.9. The molecule has 3 rings (SSSR count). The van der Waals surface area contributed by atoms with Gasteiger partial charge in [-0.2, -0.15) is 0 Å². The summed E-state index contributed by atoms with van der Waals surface area (Å²) in [6.07, 6.45) is 0. The second kappa shape index (κ2) is 8.19. The van der Waals surface area contributed by atoms with Crippen molar-refractivity contribution < 1.29 is 18.7 Å². The second-order valence-electron chi connectivity index (χ2n) is 6.53. The molecular weight excluding hydrogens is 335 g/mol. The Balaban J connectivity index is 1.52. The van der Waals surface area contributed by atoms with Gasteiger partial charge in [-0.05, 0) is 42.4 Å². The lowest BCUT2D eigenvalue weighted by Gasteiger charge is -2.23. The van der Waals surface area contributed by atoms with E-state index in [-0.39, 0.29) is 11.7 Å². The average Bonchev–Trinajstić information content (AvgIpc) is 2.63. The van der Waals surface area contributed by atoms with Gasteiger partial charge in [0.05, 0.1) is 6.54 Å². The second-order valence-corrected chi connectivity index (χ2v) is 6.53. The molecule has 5 nitrogen and oxygen atoms in total. The number of nitrogens with zero attached hydrogens (tertiary/aromatic N) is 2. The van der Waals surface area contributed by atoms with Crippen molar-refractivity contribution in [3.8, 4) is 11.5 Å². The Morgan fingerprint density at radius 2 is 1.62 bits per heavy atom. The number of carbonyl (C=O) groups is 1. The van der Waals surface area contributed by atoms with Crippen molar-refractivity contribution >= 4 is 5.91 Å². The zero-order valence-corrected chi connectivity index (χ0v) is 15.1. The summed E-state index contributed by atoms with van der Waals surface area (Å²) in [5.41, 5.74) is 1.96. The summed E-state index contributed by atoms with van der Waals surface area (Å²) in [4.78, 5) is 16.0. The highest BCUT2D eigenvalue weighted by molar-refractivity contribution is 5.77. The van der Waals surface area contributed by atoms with Crippen molar-refractivity contribution in [2.45, 2.75) is 13.1 Å². The summed E-state index contributed by atoms with van der Waals surface area (Å²) in [6.45, 7) is 2.51. The fourth-order valence-corrected chi connectivity index (χ4v) is 2.86. The number of likely N-dealkylation sites (N-methyl/N-ethyl adjacent to an activating group) is 2. The molecule has 6 heteroatoms. The van der Waals surface area contributed by atoms with Gasteiger partial charge in [0.2, 0.25) is 5.91 Å². The number of fused-ring (bicyclic) bond motifs is 1. The van der Waals surface area contributed by atoms with Gasteiger partial charge in [-0.1, -0.05) is 18.2 Å². The third-order valence-electron chi connectivity index (χ3n) is 4.22. The Bertz CT molecular complexity index is 764. The van der Waals surface area contributed by atoms with Gasteiger partial charge in [-0.25, -0.2) is 4.39 Å². The molecule has 0 N–H and O–H groups in total. The minimum absolute atomic E-state index is 0.00867. The van der Waals surface area contributed by atoms with E-state index in [1.165, 1.54) is 12.1 Å². The first-order chi connectivity index (χ1) is 12.5. The third kappa shape index (κ3) is 4.73. The molecule has 0 saturated carbocycles. The van der Waals surface area contributed by atoms with Gasteiger partial charge in [0.25, 0.3) is 0 Å². The molecule has 0 bridgehead atoms. The third-order valence-corrected chi connectivity index (χ3v) is 4.22. The zero-order valence-electron chi connectivity index (χ0n) is 15.1. The molecule has 1 aliphatic heterocycles. The van der Waals surface area contributed by atoms with E-state index in [1.54, 1.807) is 24.1 Å². The monoisotopic (exact) mass is 358 g/mol. The smallest absolute Gasteiger partial charge is 0.236 e. The van der Waals surface area contributed by atoms with Gasteiger partial charge in [0.1, 0.15) is 19.0 Å². The number of hydrogen-bond acceptors (Lipinski definition) is 4. The molecule has 138 valence electrons. The summed E-state index contributed by atoms with van der Waals surface area (Å²) in [5.74, 6) is 1.25. The molecule has 0 saturated heterocycles. The highest BCUT2D eigenvalue weighted by atomic mass is 19.1. The van der Waals surface area contributed by atoms with Crippen LogP contribution in [-0.4, -0.2) is 49.6 Å². The Kier molecular flexibility index (Phi) is 5.73.